The predicted molar refractivity (Wildman–Crippen MR) is 66.2 cm³/mol. The Labute approximate surface area is 102 Å². The summed E-state index contributed by atoms with van der Waals surface area (Å²) < 4.78 is 5.36. The Morgan fingerprint density at radius 2 is 2.29 bits per heavy atom. The molecule has 0 saturated carbocycles. The molecule has 3 N–H and O–H groups in total. The van der Waals surface area contributed by atoms with E-state index < -0.39 is 0 Å². The first-order valence-corrected chi connectivity index (χ1v) is 5.95. The van der Waals surface area contributed by atoms with Gasteiger partial charge in [-0.2, -0.15) is 0 Å². The summed E-state index contributed by atoms with van der Waals surface area (Å²) in [6, 6.07) is 2.10. The zero-order valence-electron chi connectivity index (χ0n) is 10.7. The molecule has 1 atom stereocenters. The fourth-order valence-corrected chi connectivity index (χ4v) is 1.77. The number of nitrogens with two attached hydrogens (primary N) is 1. The van der Waals surface area contributed by atoms with Crippen molar-refractivity contribution in [3.05, 3.63) is 23.7 Å². The van der Waals surface area contributed by atoms with Crippen molar-refractivity contribution in [1.29, 1.82) is 0 Å². The van der Waals surface area contributed by atoms with Crippen molar-refractivity contribution in [1.82, 2.24) is 10.3 Å². The number of nitrogens with one attached hydrogen (secondary N) is 1. The normalized spacial score (nSPS) is 12.8. The number of nitrogen functional groups attached to an aromatic ring is 1. The van der Waals surface area contributed by atoms with Crippen LogP contribution < -0.4 is 11.3 Å². The summed E-state index contributed by atoms with van der Waals surface area (Å²) >= 11 is 0. The third kappa shape index (κ3) is 3.31. The first-order valence-electron chi connectivity index (χ1n) is 5.95. The quantitative estimate of drug-likeness (QED) is 0.448. The molecule has 0 aliphatic heterocycles. The number of rotatable bonds is 6. The second kappa shape index (κ2) is 6.42. The zero-order chi connectivity index (χ0) is 12.8. The number of amides is 1. The molecule has 0 saturated heterocycles. The third-order valence-corrected chi connectivity index (χ3v) is 3.09. The van der Waals surface area contributed by atoms with Gasteiger partial charge in [0.1, 0.15) is 5.76 Å². The number of hydrogen-bond acceptors (Lipinski definition) is 4. The molecule has 17 heavy (non-hydrogen) atoms. The Kier molecular flexibility index (Phi) is 5.18. The summed E-state index contributed by atoms with van der Waals surface area (Å²) in [6.45, 7) is 7.94. The molecule has 0 spiro atoms. The molecule has 1 aromatic rings. The van der Waals surface area contributed by atoms with Crippen LogP contribution in [0.5, 0.6) is 0 Å². The molecule has 1 heterocycles. The fraction of sp³-hybridized carbons (Fsp3) is 0.583. The maximum absolute atomic E-state index is 11.5. The van der Waals surface area contributed by atoms with Crippen LogP contribution in [0.2, 0.25) is 0 Å². The molecule has 1 rings (SSSR count). The second-order valence-corrected chi connectivity index (χ2v) is 4.05. The number of furan rings is 1. The van der Waals surface area contributed by atoms with E-state index in [0.29, 0.717) is 23.9 Å². The van der Waals surface area contributed by atoms with E-state index in [0.717, 1.165) is 13.0 Å². The Morgan fingerprint density at radius 3 is 2.82 bits per heavy atom. The minimum absolute atomic E-state index is 0.311. The topological polar surface area (TPSA) is 71.5 Å². The lowest BCUT2D eigenvalue weighted by Crippen LogP contribution is -2.34. The smallest absolute Gasteiger partial charge is 0.268 e. The summed E-state index contributed by atoms with van der Waals surface area (Å²) in [4.78, 5) is 13.7. The van der Waals surface area contributed by atoms with Crippen LogP contribution in [-0.4, -0.2) is 23.4 Å². The minimum Gasteiger partial charge on any atom is -0.467 e. The number of carbonyl (C=O) groups excluding carboxylic acids is 1. The molecule has 0 aliphatic carbocycles. The lowest BCUT2D eigenvalue weighted by molar-refractivity contribution is 0.0948. The number of hydrazine groups is 1. The average Bonchev–Trinajstić information content (AvgIpc) is 2.82. The third-order valence-electron chi connectivity index (χ3n) is 3.09. The highest BCUT2D eigenvalue weighted by atomic mass is 16.3. The number of nitrogens with zero attached hydrogens (tertiary/aromatic N) is 1. The van der Waals surface area contributed by atoms with Gasteiger partial charge in [0.2, 0.25) is 0 Å². The highest BCUT2D eigenvalue weighted by Crippen LogP contribution is 2.15. The number of carbonyl (C=O) groups is 1. The molecular weight excluding hydrogens is 218 g/mol. The fourth-order valence-electron chi connectivity index (χ4n) is 1.77. The predicted octanol–water partition coefficient (Wildman–Crippen LogP) is 1.50. The van der Waals surface area contributed by atoms with E-state index in [-0.39, 0.29) is 5.91 Å². The van der Waals surface area contributed by atoms with Gasteiger partial charge in [0.05, 0.1) is 18.4 Å². The van der Waals surface area contributed by atoms with Gasteiger partial charge in [0.15, 0.2) is 0 Å². The zero-order valence-corrected chi connectivity index (χ0v) is 10.7. The Bertz CT molecular complexity index is 362. The van der Waals surface area contributed by atoms with E-state index in [9.17, 15) is 4.79 Å². The van der Waals surface area contributed by atoms with Crippen molar-refractivity contribution in [2.45, 2.75) is 39.8 Å². The van der Waals surface area contributed by atoms with Crippen molar-refractivity contribution in [2.75, 3.05) is 6.54 Å². The van der Waals surface area contributed by atoms with Crippen LogP contribution in [-0.2, 0) is 6.54 Å². The van der Waals surface area contributed by atoms with Crippen LogP contribution in [0.15, 0.2) is 16.7 Å². The maximum Gasteiger partial charge on any atom is 0.268 e. The van der Waals surface area contributed by atoms with E-state index in [4.69, 9.17) is 10.3 Å². The van der Waals surface area contributed by atoms with Crippen LogP contribution in [0.1, 0.15) is 43.3 Å². The average molecular weight is 239 g/mol. The van der Waals surface area contributed by atoms with Crippen molar-refractivity contribution in [3.63, 3.8) is 0 Å². The molecule has 5 nitrogen and oxygen atoms in total. The first-order chi connectivity index (χ1) is 8.13. The first kappa shape index (κ1) is 13.7. The van der Waals surface area contributed by atoms with Crippen molar-refractivity contribution in [3.8, 4) is 0 Å². The van der Waals surface area contributed by atoms with E-state index in [1.54, 1.807) is 6.07 Å². The summed E-state index contributed by atoms with van der Waals surface area (Å²) in [5, 5.41) is 0. The standard InChI is InChI=1S/C12H21N3O2/c1-4-9(3)15(5-2)8-11-10(6-7-17-11)12(16)14-13/h6-7,9H,4-5,8,13H2,1-3H3,(H,14,16). The monoisotopic (exact) mass is 239 g/mol. The lowest BCUT2D eigenvalue weighted by atomic mass is 10.2. The highest BCUT2D eigenvalue weighted by molar-refractivity contribution is 5.94. The van der Waals surface area contributed by atoms with Gasteiger partial charge in [-0.25, -0.2) is 5.84 Å². The van der Waals surface area contributed by atoms with Gasteiger partial charge in [0, 0.05) is 6.04 Å². The molecule has 0 aromatic carbocycles. The van der Waals surface area contributed by atoms with Crippen LogP contribution >= 0.6 is 0 Å². The molecule has 0 radical (unpaired) electrons. The van der Waals surface area contributed by atoms with Gasteiger partial charge in [0.25, 0.3) is 5.91 Å². The lowest BCUT2D eigenvalue weighted by Gasteiger charge is -2.26. The minimum atomic E-state index is -0.311. The Balaban J connectivity index is 2.79. The van der Waals surface area contributed by atoms with Crippen LogP contribution in [0.25, 0.3) is 0 Å². The molecule has 5 heteroatoms. The van der Waals surface area contributed by atoms with Crippen LogP contribution in [0, 0.1) is 0 Å². The molecular formula is C12H21N3O2. The van der Waals surface area contributed by atoms with Gasteiger partial charge in [-0.3, -0.25) is 15.1 Å². The molecule has 0 aliphatic rings. The van der Waals surface area contributed by atoms with Gasteiger partial charge >= 0.3 is 0 Å². The van der Waals surface area contributed by atoms with E-state index in [2.05, 4.69) is 31.1 Å². The SMILES string of the molecule is CCC(C)N(CC)Cc1occc1C(=O)NN. The van der Waals surface area contributed by atoms with Crippen molar-refractivity contribution >= 4 is 5.91 Å². The summed E-state index contributed by atoms with van der Waals surface area (Å²) in [6.07, 6.45) is 2.58. The van der Waals surface area contributed by atoms with Gasteiger partial charge in [-0.1, -0.05) is 13.8 Å². The molecule has 96 valence electrons. The van der Waals surface area contributed by atoms with E-state index in [1.165, 1.54) is 6.26 Å². The molecule has 0 fully saturated rings. The number of hydrogen-bond donors (Lipinski definition) is 2. The summed E-state index contributed by atoms with van der Waals surface area (Å²) in [5.74, 6) is 5.48. The van der Waals surface area contributed by atoms with Crippen LogP contribution in [0.4, 0.5) is 0 Å². The Hall–Kier alpha value is -1.33. The molecule has 1 unspecified atom stereocenters. The molecule has 1 aromatic heterocycles. The summed E-state index contributed by atoms with van der Waals surface area (Å²) in [5.41, 5.74) is 2.63. The van der Waals surface area contributed by atoms with Crippen molar-refractivity contribution in [2.24, 2.45) is 5.84 Å². The van der Waals surface area contributed by atoms with Crippen molar-refractivity contribution < 1.29 is 9.21 Å². The summed E-state index contributed by atoms with van der Waals surface area (Å²) in [7, 11) is 0. The van der Waals surface area contributed by atoms with E-state index >= 15 is 0 Å². The van der Waals surface area contributed by atoms with Gasteiger partial charge < -0.3 is 4.42 Å². The van der Waals surface area contributed by atoms with Gasteiger partial charge in [-0.15, -0.1) is 0 Å². The Morgan fingerprint density at radius 1 is 1.59 bits per heavy atom. The second-order valence-electron chi connectivity index (χ2n) is 4.05. The molecule has 0 bridgehead atoms. The maximum atomic E-state index is 11.5. The largest absolute Gasteiger partial charge is 0.467 e. The highest BCUT2D eigenvalue weighted by Gasteiger charge is 2.18. The molecule has 1 amide bonds. The van der Waals surface area contributed by atoms with Gasteiger partial charge in [-0.05, 0) is 26.0 Å². The van der Waals surface area contributed by atoms with Crippen LogP contribution in [0.3, 0.4) is 0 Å². The van der Waals surface area contributed by atoms with E-state index in [1.807, 2.05) is 0 Å².